The van der Waals surface area contributed by atoms with E-state index >= 15 is 0 Å². The Labute approximate surface area is 173 Å². The maximum Gasteiger partial charge on any atom is 0.228 e. The predicted molar refractivity (Wildman–Crippen MR) is 115 cm³/mol. The molecule has 1 aliphatic heterocycles. The van der Waals surface area contributed by atoms with Gasteiger partial charge in [-0.05, 0) is 54.3 Å². The van der Waals surface area contributed by atoms with Crippen molar-refractivity contribution < 1.29 is 9.53 Å². The van der Waals surface area contributed by atoms with Crippen molar-refractivity contribution in [2.75, 3.05) is 20.2 Å². The van der Waals surface area contributed by atoms with Gasteiger partial charge in [-0.3, -0.25) is 4.79 Å². The maximum atomic E-state index is 12.7. The van der Waals surface area contributed by atoms with Gasteiger partial charge in [-0.1, -0.05) is 18.2 Å². The summed E-state index contributed by atoms with van der Waals surface area (Å²) in [5, 5.41) is 5.08. The first-order chi connectivity index (χ1) is 13.7. The minimum atomic E-state index is 0.200. The van der Waals surface area contributed by atoms with Crippen molar-refractivity contribution in [1.82, 2.24) is 9.88 Å². The Kier molecular flexibility index (Phi) is 6.07. The van der Waals surface area contributed by atoms with E-state index < -0.39 is 0 Å². The minimum Gasteiger partial charge on any atom is -0.497 e. The molecule has 0 bridgehead atoms. The third-order valence-electron chi connectivity index (χ3n) is 5.27. The quantitative estimate of drug-likeness (QED) is 0.578. The molecule has 1 fully saturated rings. The molecule has 6 heteroatoms. The van der Waals surface area contributed by atoms with Crippen molar-refractivity contribution in [3.8, 4) is 15.6 Å². The molecule has 0 saturated carbocycles. The number of hydrogen-bond acceptors (Lipinski definition) is 5. The molecular weight excluding hydrogens is 388 g/mol. The van der Waals surface area contributed by atoms with Crippen LogP contribution in [0.1, 0.15) is 24.1 Å². The highest BCUT2D eigenvalue weighted by molar-refractivity contribution is 7.20. The summed E-state index contributed by atoms with van der Waals surface area (Å²) in [6.45, 7) is 1.70. The Balaban J connectivity index is 1.27. The van der Waals surface area contributed by atoms with E-state index in [1.165, 1.54) is 10.4 Å². The molecule has 1 aromatic carbocycles. The Morgan fingerprint density at radius 3 is 2.64 bits per heavy atom. The molecule has 0 radical (unpaired) electrons. The summed E-state index contributed by atoms with van der Waals surface area (Å²) < 4.78 is 5.22. The van der Waals surface area contributed by atoms with Gasteiger partial charge in [0.2, 0.25) is 5.91 Å². The number of aromatic nitrogens is 1. The summed E-state index contributed by atoms with van der Waals surface area (Å²) in [5.41, 5.74) is 2.23. The van der Waals surface area contributed by atoms with Gasteiger partial charge in [-0.15, -0.1) is 22.7 Å². The van der Waals surface area contributed by atoms with Crippen LogP contribution in [-0.4, -0.2) is 36.0 Å². The van der Waals surface area contributed by atoms with E-state index in [2.05, 4.69) is 28.6 Å². The summed E-state index contributed by atoms with van der Waals surface area (Å²) >= 11 is 3.30. The van der Waals surface area contributed by atoms with E-state index in [9.17, 15) is 4.79 Å². The molecule has 4 nitrogen and oxygen atoms in total. The summed E-state index contributed by atoms with van der Waals surface area (Å²) in [5.74, 6) is 1.74. The van der Waals surface area contributed by atoms with E-state index in [1.54, 1.807) is 29.8 Å². The number of thiazole rings is 1. The Morgan fingerprint density at radius 2 is 1.96 bits per heavy atom. The Morgan fingerprint density at radius 1 is 1.18 bits per heavy atom. The molecule has 0 aliphatic carbocycles. The number of carbonyl (C=O) groups excluding carboxylic acids is 1. The summed E-state index contributed by atoms with van der Waals surface area (Å²) in [6, 6.07) is 12.4. The van der Waals surface area contributed by atoms with Crippen LogP contribution in [0, 0.1) is 5.92 Å². The van der Waals surface area contributed by atoms with Crippen LogP contribution in [0.2, 0.25) is 0 Å². The highest BCUT2D eigenvalue weighted by Gasteiger charge is 2.23. The molecular formula is C22H24N2O2S2. The van der Waals surface area contributed by atoms with Gasteiger partial charge >= 0.3 is 0 Å². The van der Waals surface area contributed by atoms with Gasteiger partial charge in [0.1, 0.15) is 10.8 Å². The van der Waals surface area contributed by atoms with Crippen LogP contribution in [0.4, 0.5) is 0 Å². The van der Waals surface area contributed by atoms with Crippen LogP contribution >= 0.6 is 22.7 Å². The smallest absolute Gasteiger partial charge is 0.228 e. The zero-order chi connectivity index (χ0) is 19.3. The van der Waals surface area contributed by atoms with E-state index in [4.69, 9.17) is 4.74 Å². The fourth-order valence-corrected chi connectivity index (χ4v) is 5.28. The first kappa shape index (κ1) is 19.2. The molecule has 0 atom stereocenters. The third-order valence-corrected chi connectivity index (χ3v) is 7.20. The number of amides is 1. The number of ether oxygens (including phenoxy) is 1. The van der Waals surface area contributed by atoms with Crippen molar-refractivity contribution in [3.05, 3.63) is 58.4 Å². The van der Waals surface area contributed by atoms with Crippen LogP contribution in [0.15, 0.2) is 47.2 Å². The van der Waals surface area contributed by atoms with E-state index in [1.807, 2.05) is 28.5 Å². The first-order valence-corrected chi connectivity index (χ1v) is 11.4. The normalized spacial score (nSPS) is 15.0. The predicted octanol–water partition coefficient (Wildman–Crippen LogP) is 4.90. The zero-order valence-corrected chi connectivity index (χ0v) is 17.6. The lowest BCUT2D eigenvalue weighted by molar-refractivity contribution is -0.131. The molecule has 4 rings (SSSR count). The van der Waals surface area contributed by atoms with Gasteiger partial charge in [-0.25, -0.2) is 4.98 Å². The fourth-order valence-electron chi connectivity index (χ4n) is 3.65. The van der Waals surface area contributed by atoms with Crippen LogP contribution in [0.3, 0.4) is 0 Å². The van der Waals surface area contributed by atoms with Gasteiger partial charge in [0.25, 0.3) is 0 Å². The number of thiophene rings is 1. The number of piperidine rings is 1. The molecule has 0 unspecified atom stereocenters. The molecule has 1 saturated heterocycles. The van der Waals surface area contributed by atoms with Crippen LogP contribution in [0.5, 0.6) is 5.75 Å². The van der Waals surface area contributed by atoms with Crippen molar-refractivity contribution in [2.45, 2.75) is 25.7 Å². The molecule has 2 aromatic heterocycles. The Hall–Kier alpha value is -2.18. The van der Waals surface area contributed by atoms with E-state index in [0.29, 0.717) is 12.3 Å². The van der Waals surface area contributed by atoms with E-state index in [-0.39, 0.29) is 5.91 Å². The molecule has 3 aromatic rings. The number of hydrogen-bond donors (Lipinski definition) is 0. The van der Waals surface area contributed by atoms with Gasteiger partial charge in [0, 0.05) is 18.5 Å². The lowest BCUT2D eigenvalue weighted by atomic mass is 9.90. The van der Waals surface area contributed by atoms with Crippen molar-refractivity contribution in [3.63, 3.8) is 0 Å². The SMILES string of the molecule is COc1ccc(CC2CCN(C(=O)Cc3csc(-c4cccs4)n3)CC2)cc1. The second kappa shape index (κ2) is 8.88. The molecule has 28 heavy (non-hydrogen) atoms. The highest BCUT2D eigenvalue weighted by Crippen LogP contribution is 2.28. The first-order valence-electron chi connectivity index (χ1n) is 9.60. The van der Waals surface area contributed by atoms with Gasteiger partial charge in [0.05, 0.1) is 24.1 Å². The number of methoxy groups -OCH3 is 1. The third kappa shape index (κ3) is 4.62. The van der Waals surface area contributed by atoms with Crippen LogP contribution < -0.4 is 4.74 Å². The molecule has 0 spiro atoms. The highest BCUT2D eigenvalue weighted by atomic mass is 32.1. The van der Waals surface area contributed by atoms with Gasteiger partial charge in [-0.2, -0.15) is 0 Å². The fraction of sp³-hybridized carbons (Fsp3) is 0.364. The average molecular weight is 413 g/mol. The topological polar surface area (TPSA) is 42.4 Å². The second-order valence-electron chi connectivity index (χ2n) is 7.17. The maximum absolute atomic E-state index is 12.7. The standard InChI is InChI=1S/C22H24N2O2S2/c1-26-19-6-4-16(5-7-19)13-17-8-10-24(11-9-17)21(25)14-18-15-28-22(23-18)20-3-2-12-27-20/h2-7,12,15,17H,8-11,13-14H2,1H3. The monoisotopic (exact) mass is 412 g/mol. The number of benzene rings is 1. The second-order valence-corrected chi connectivity index (χ2v) is 8.98. The summed E-state index contributed by atoms with van der Waals surface area (Å²) in [4.78, 5) is 20.5. The molecule has 0 N–H and O–H groups in total. The van der Waals surface area contributed by atoms with E-state index in [0.717, 1.165) is 48.8 Å². The molecule has 146 valence electrons. The lowest BCUT2D eigenvalue weighted by Crippen LogP contribution is -2.39. The number of likely N-dealkylation sites (tertiary alicyclic amines) is 1. The lowest BCUT2D eigenvalue weighted by Gasteiger charge is -2.32. The van der Waals surface area contributed by atoms with Crippen molar-refractivity contribution in [1.29, 1.82) is 0 Å². The largest absolute Gasteiger partial charge is 0.497 e. The van der Waals surface area contributed by atoms with Gasteiger partial charge < -0.3 is 9.64 Å². The minimum absolute atomic E-state index is 0.200. The molecule has 1 aliphatic rings. The summed E-state index contributed by atoms with van der Waals surface area (Å²) in [7, 11) is 1.69. The number of carbonyl (C=O) groups is 1. The average Bonchev–Trinajstić information content (AvgIpc) is 3.41. The molecule has 3 heterocycles. The van der Waals surface area contributed by atoms with Crippen molar-refractivity contribution in [2.24, 2.45) is 5.92 Å². The zero-order valence-electron chi connectivity index (χ0n) is 16.0. The van der Waals surface area contributed by atoms with Crippen LogP contribution in [0.25, 0.3) is 9.88 Å². The van der Waals surface area contributed by atoms with Crippen molar-refractivity contribution >= 4 is 28.6 Å². The van der Waals surface area contributed by atoms with Gasteiger partial charge in [0.15, 0.2) is 0 Å². The molecule has 1 amide bonds. The Bertz CT molecular complexity index is 895. The summed E-state index contributed by atoms with van der Waals surface area (Å²) in [6.07, 6.45) is 3.61. The number of rotatable bonds is 6. The number of nitrogens with zero attached hydrogens (tertiary/aromatic N) is 2. The van der Waals surface area contributed by atoms with Crippen LogP contribution in [-0.2, 0) is 17.6 Å².